The summed E-state index contributed by atoms with van der Waals surface area (Å²) >= 11 is 0. The van der Waals surface area contributed by atoms with Crippen molar-refractivity contribution in [3.8, 4) is 11.8 Å². The molecule has 0 aliphatic rings. The molecule has 5 heteroatoms. The molecule has 0 radical (unpaired) electrons. The molecule has 80 valence electrons. The molecule has 1 heterocycles. The first-order valence-electron chi connectivity index (χ1n) is 4.12. The number of alkyl halides is 3. The van der Waals surface area contributed by atoms with Crippen molar-refractivity contribution in [2.45, 2.75) is 19.2 Å². The van der Waals surface area contributed by atoms with Crippen LogP contribution in [0.25, 0.3) is 0 Å². The van der Waals surface area contributed by atoms with Gasteiger partial charge in [-0.2, -0.15) is 13.2 Å². The summed E-state index contributed by atoms with van der Waals surface area (Å²) in [4.78, 5) is 3.64. The van der Waals surface area contributed by atoms with Crippen molar-refractivity contribution in [3.63, 3.8) is 0 Å². The van der Waals surface area contributed by atoms with Gasteiger partial charge < -0.3 is 5.11 Å². The van der Waals surface area contributed by atoms with Crippen LogP contribution in [0.5, 0.6) is 0 Å². The molecular formula is C10H8F3NO. The molecule has 0 bridgehead atoms. The third-order valence-corrected chi connectivity index (χ3v) is 1.50. The summed E-state index contributed by atoms with van der Waals surface area (Å²) in [6.07, 6.45) is -4.25. The molecule has 0 saturated heterocycles. The SMILES string of the molecule is CC(O)C#Cc1cc(C(F)(F)F)ccn1. The minimum atomic E-state index is -4.40. The van der Waals surface area contributed by atoms with Gasteiger partial charge in [0, 0.05) is 6.20 Å². The van der Waals surface area contributed by atoms with Crippen molar-refractivity contribution >= 4 is 0 Å². The van der Waals surface area contributed by atoms with Crippen molar-refractivity contribution in [1.29, 1.82) is 0 Å². The number of aliphatic hydroxyl groups is 1. The highest BCUT2D eigenvalue weighted by Crippen LogP contribution is 2.28. The van der Waals surface area contributed by atoms with Crippen molar-refractivity contribution < 1.29 is 18.3 Å². The van der Waals surface area contributed by atoms with Gasteiger partial charge in [0.25, 0.3) is 0 Å². The second-order valence-corrected chi connectivity index (χ2v) is 2.87. The fourth-order valence-electron chi connectivity index (χ4n) is 0.854. The molecule has 0 amide bonds. The quantitative estimate of drug-likeness (QED) is 0.670. The minimum Gasteiger partial charge on any atom is -0.381 e. The summed E-state index contributed by atoms with van der Waals surface area (Å²) in [6.45, 7) is 1.42. The third kappa shape index (κ3) is 3.60. The van der Waals surface area contributed by atoms with Crippen LogP contribution in [-0.2, 0) is 6.18 Å². The predicted octanol–water partition coefficient (Wildman–Crippen LogP) is 1.83. The average Bonchev–Trinajstić information content (AvgIpc) is 2.14. The van der Waals surface area contributed by atoms with Crippen LogP contribution in [0.15, 0.2) is 18.3 Å². The van der Waals surface area contributed by atoms with E-state index in [1.165, 1.54) is 6.92 Å². The lowest BCUT2D eigenvalue weighted by Crippen LogP contribution is -2.05. The summed E-state index contributed by atoms with van der Waals surface area (Å²) in [6, 6.07) is 1.71. The fraction of sp³-hybridized carbons (Fsp3) is 0.300. The number of hydrogen-bond acceptors (Lipinski definition) is 2. The molecule has 0 spiro atoms. The number of hydrogen-bond donors (Lipinski definition) is 1. The summed E-state index contributed by atoms with van der Waals surface area (Å²) < 4.78 is 36.7. The van der Waals surface area contributed by atoms with Gasteiger partial charge in [0.2, 0.25) is 0 Å². The van der Waals surface area contributed by atoms with Gasteiger partial charge in [-0.15, -0.1) is 0 Å². The van der Waals surface area contributed by atoms with E-state index >= 15 is 0 Å². The predicted molar refractivity (Wildman–Crippen MR) is 47.8 cm³/mol. The molecular weight excluding hydrogens is 207 g/mol. The highest BCUT2D eigenvalue weighted by molar-refractivity contribution is 5.32. The molecule has 1 N–H and O–H groups in total. The van der Waals surface area contributed by atoms with Crippen molar-refractivity contribution in [3.05, 3.63) is 29.6 Å². The van der Waals surface area contributed by atoms with Crippen molar-refractivity contribution in [2.75, 3.05) is 0 Å². The topological polar surface area (TPSA) is 33.1 Å². The Hall–Kier alpha value is -1.54. The Kier molecular flexibility index (Phi) is 3.32. The van der Waals surface area contributed by atoms with Gasteiger partial charge >= 0.3 is 6.18 Å². The van der Waals surface area contributed by atoms with Gasteiger partial charge in [0.05, 0.1) is 5.56 Å². The van der Waals surface area contributed by atoms with Crippen LogP contribution >= 0.6 is 0 Å². The zero-order valence-electron chi connectivity index (χ0n) is 7.84. The smallest absolute Gasteiger partial charge is 0.381 e. The lowest BCUT2D eigenvalue weighted by molar-refractivity contribution is -0.137. The lowest BCUT2D eigenvalue weighted by Gasteiger charge is -2.05. The number of halogens is 3. The second kappa shape index (κ2) is 4.32. The molecule has 1 aromatic heterocycles. The van der Waals surface area contributed by atoms with E-state index in [4.69, 9.17) is 5.11 Å². The van der Waals surface area contributed by atoms with E-state index < -0.39 is 17.8 Å². The Balaban J connectivity index is 3.00. The van der Waals surface area contributed by atoms with Gasteiger partial charge in [-0.05, 0) is 25.0 Å². The molecule has 1 unspecified atom stereocenters. The summed E-state index contributed by atoms with van der Waals surface area (Å²) in [7, 11) is 0. The van der Waals surface area contributed by atoms with Gasteiger partial charge in [0.1, 0.15) is 11.8 Å². The Morgan fingerprint density at radius 1 is 1.47 bits per heavy atom. The number of aliphatic hydroxyl groups excluding tert-OH is 1. The maximum absolute atomic E-state index is 12.2. The fourth-order valence-corrected chi connectivity index (χ4v) is 0.854. The maximum atomic E-state index is 12.2. The van der Waals surface area contributed by atoms with Gasteiger partial charge in [0.15, 0.2) is 0 Å². The minimum absolute atomic E-state index is 0.00859. The van der Waals surface area contributed by atoms with Gasteiger partial charge in [-0.3, -0.25) is 0 Å². The van der Waals surface area contributed by atoms with Crippen molar-refractivity contribution in [2.24, 2.45) is 0 Å². The first kappa shape index (κ1) is 11.5. The van der Waals surface area contributed by atoms with Crippen LogP contribution in [-0.4, -0.2) is 16.2 Å². The number of pyridine rings is 1. The zero-order chi connectivity index (χ0) is 11.5. The molecule has 1 atom stereocenters. The van der Waals surface area contributed by atoms with E-state index in [0.717, 1.165) is 18.3 Å². The third-order valence-electron chi connectivity index (χ3n) is 1.50. The Bertz CT molecular complexity index is 401. The normalized spacial score (nSPS) is 12.9. The van der Waals surface area contributed by atoms with E-state index in [0.29, 0.717) is 0 Å². The lowest BCUT2D eigenvalue weighted by atomic mass is 10.2. The Morgan fingerprint density at radius 3 is 2.67 bits per heavy atom. The molecule has 15 heavy (non-hydrogen) atoms. The van der Waals surface area contributed by atoms with Crippen LogP contribution in [0.2, 0.25) is 0 Å². The zero-order valence-corrected chi connectivity index (χ0v) is 7.84. The Morgan fingerprint density at radius 2 is 2.13 bits per heavy atom. The molecule has 2 nitrogen and oxygen atoms in total. The highest BCUT2D eigenvalue weighted by Gasteiger charge is 2.30. The van der Waals surface area contributed by atoms with E-state index in [1.54, 1.807) is 0 Å². The first-order valence-corrected chi connectivity index (χ1v) is 4.12. The summed E-state index contributed by atoms with van der Waals surface area (Å²) in [5.41, 5.74) is -0.807. The number of aromatic nitrogens is 1. The van der Waals surface area contributed by atoms with Crippen LogP contribution in [0.4, 0.5) is 13.2 Å². The summed E-state index contributed by atoms with van der Waals surface area (Å²) in [5.74, 6) is 4.66. The maximum Gasteiger partial charge on any atom is 0.416 e. The van der Waals surface area contributed by atoms with Crippen LogP contribution < -0.4 is 0 Å². The van der Waals surface area contributed by atoms with E-state index in [9.17, 15) is 13.2 Å². The number of rotatable bonds is 0. The Labute approximate surface area is 84.8 Å². The number of nitrogens with zero attached hydrogens (tertiary/aromatic N) is 1. The van der Waals surface area contributed by atoms with Crippen molar-refractivity contribution in [1.82, 2.24) is 4.98 Å². The molecule has 0 aromatic carbocycles. The van der Waals surface area contributed by atoms with Crippen LogP contribution in [0.1, 0.15) is 18.2 Å². The second-order valence-electron chi connectivity index (χ2n) is 2.87. The molecule has 0 aliphatic carbocycles. The van der Waals surface area contributed by atoms with Gasteiger partial charge in [-0.1, -0.05) is 5.92 Å². The molecule has 1 rings (SSSR count). The van der Waals surface area contributed by atoms with Gasteiger partial charge in [-0.25, -0.2) is 4.98 Å². The molecule has 0 saturated carbocycles. The largest absolute Gasteiger partial charge is 0.416 e. The molecule has 0 fully saturated rings. The van der Waals surface area contributed by atoms with E-state index in [2.05, 4.69) is 16.8 Å². The van der Waals surface area contributed by atoms with E-state index in [1.807, 2.05) is 0 Å². The van der Waals surface area contributed by atoms with Crippen LogP contribution in [0, 0.1) is 11.8 Å². The first-order chi connectivity index (χ1) is 6.89. The van der Waals surface area contributed by atoms with Crippen LogP contribution in [0.3, 0.4) is 0 Å². The monoisotopic (exact) mass is 215 g/mol. The average molecular weight is 215 g/mol. The highest BCUT2D eigenvalue weighted by atomic mass is 19.4. The molecule has 1 aromatic rings. The summed E-state index contributed by atoms with van der Waals surface area (Å²) in [5, 5.41) is 8.82. The molecule has 0 aliphatic heterocycles. The van der Waals surface area contributed by atoms with E-state index in [-0.39, 0.29) is 5.69 Å². The standard InChI is InChI=1S/C10H8F3NO/c1-7(15)2-3-9-6-8(4-5-14-9)10(11,12)13/h4-7,15H,1H3.